The molecule has 5 heterocycles. The second kappa shape index (κ2) is 13.2. The maximum absolute atomic E-state index is 6.43. The van der Waals surface area contributed by atoms with Crippen LogP contribution in [0.25, 0.3) is 11.1 Å². The maximum Gasteiger partial charge on any atom is 0.227 e. The highest BCUT2D eigenvalue weighted by Crippen LogP contribution is 2.37. The summed E-state index contributed by atoms with van der Waals surface area (Å²) in [6, 6.07) is 13.8. The Morgan fingerprint density at radius 2 is 1.73 bits per heavy atom. The number of hydrogen-bond donors (Lipinski definition) is 1. The summed E-state index contributed by atoms with van der Waals surface area (Å²) >= 11 is 6.43. The number of morpholine rings is 1. The summed E-state index contributed by atoms with van der Waals surface area (Å²) in [6.45, 7) is 6.31. The van der Waals surface area contributed by atoms with Crippen LogP contribution in [0.4, 0.5) is 17.3 Å². The topological polar surface area (TPSA) is 116 Å². The maximum atomic E-state index is 6.43. The normalized spacial score (nSPS) is 21.1. The lowest BCUT2D eigenvalue weighted by atomic mass is 10.00. The fraction of sp³-hybridized carbons (Fsp3) is 0.469. The third-order valence-electron chi connectivity index (χ3n) is 9.06. The van der Waals surface area contributed by atoms with Crippen molar-refractivity contribution in [2.75, 3.05) is 43.6 Å². The molecule has 0 radical (unpaired) electrons. The lowest BCUT2D eigenvalue weighted by molar-refractivity contribution is -0.0407. The molecule has 4 aromatic rings. The molecule has 3 saturated heterocycles. The predicted molar refractivity (Wildman–Crippen MR) is 171 cm³/mol. The van der Waals surface area contributed by atoms with E-state index in [1.807, 2.05) is 31.2 Å². The van der Waals surface area contributed by atoms with Gasteiger partial charge in [-0.15, -0.1) is 5.10 Å². The van der Waals surface area contributed by atoms with Crippen LogP contribution in [0.3, 0.4) is 0 Å². The SMILES string of the molecule is COc1cc(N2CCC(N3C4CCC3COC4)CC2)ccc1Nc1ncc(-c2ccc(Cl)c(OC(C)Cn3cnnn3)c2)cn1. The quantitative estimate of drug-likeness (QED) is 0.259. The number of rotatable bonds is 10. The fourth-order valence-corrected chi connectivity index (χ4v) is 7.04. The minimum absolute atomic E-state index is 0.192. The van der Waals surface area contributed by atoms with Crippen molar-refractivity contribution in [3.8, 4) is 22.6 Å². The Hall–Kier alpha value is -4.00. The Morgan fingerprint density at radius 1 is 0.956 bits per heavy atom. The number of nitrogens with one attached hydrogen (secondary N) is 1. The monoisotopic (exact) mass is 631 g/mol. The second-order valence-electron chi connectivity index (χ2n) is 12.0. The minimum Gasteiger partial charge on any atom is -0.494 e. The second-order valence-corrected chi connectivity index (χ2v) is 12.4. The zero-order valence-electron chi connectivity index (χ0n) is 25.5. The van der Waals surface area contributed by atoms with Gasteiger partial charge in [-0.2, -0.15) is 0 Å². The summed E-state index contributed by atoms with van der Waals surface area (Å²) < 4.78 is 19.3. The standard InChI is InChI=1S/C32H38ClN9O3/c1-21(17-41-20-36-38-39-41)45-30-13-22(3-7-28(30)33)23-15-34-32(35-16-23)37-29-8-6-25(14-31(29)43-2)40-11-9-24(10-12-40)42-26-4-5-27(42)19-44-18-26/h3,6-8,13-16,20-21,24,26-27H,4-5,9-12,17-19H2,1-2H3,(H,34,35,37). The average Bonchev–Trinajstić information content (AvgIpc) is 3.67. The van der Waals surface area contributed by atoms with Gasteiger partial charge in [0.05, 0.1) is 37.6 Å². The molecule has 45 heavy (non-hydrogen) atoms. The molecule has 0 spiro atoms. The molecule has 3 fully saturated rings. The molecule has 0 aliphatic carbocycles. The highest BCUT2D eigenvalue weighted by molar-refractivity contribution is 6.32. The van der Waals surface area contributed by atoms with Gasteiger partial charge in [0.1, 0.15) is 23.9 Å². The van der Waals surface area contributed by atoms with E-state index in [1.165, 1.54) is 31.4 Å². The van der Waals surface area contributed by atoms with Crippen molar-refractivity contribution in [1.82, 2.24) is 35.1 Å². The van der Waals surface area contributed by atoms with Gasteiger partial charge in [-0.25, -0.2) is 14.6 Å². The van der Waals surface area contributed by atoms with Crippen molar-refractivity contribution in [2.45, 2.75) is 63.4 Å². The van der Waals surface area contributed by atoms with Gasteiger partial charge in [0, 0.05) is 60.9 Å². The molecule has 3 unspecified atom stereocenters. The van der Waals surface area contributed by atoms with Crippen molar-refractivity contribution in [3.63, 3.8) is 0 Å². The van der Waals surface area contributed by atoms with E-state index in [-0.39, 0.29) is 6.10 Å². The molecule has 2 aromatic carbocycles. The molecule has 12 nitrogen and oxygen atoms in total. The molecular formula is C32H38ClN9O3. The number of aromatic nitrogens is 6. The predicted octanol–water partition coefficient (Wildman–Crippen LogP) is 4.84. The molecule has 2 bridgehead atoms. The summed E-state index contributed by atoms with van der Waals surface area (Å²) in [4.78, 5) is 14.4. The highest BCUT2D eigenvalue weighted by Gasteiger charge is 2.42. The Labute approximate surface area is 267 Å². The Balaban J connectivity index is 0.978. The molecule has 3 atom stereocenters. The first-order valence-electron chi connectivity index (χ1n) is 15.6. The van der Waals surface area contributed by atoms with Crippen LogP contribution in [0.1, 0.15) is 32.6 Å². The highest BCUT2D eigenvalue weighted by atomic mass is 35.5. The molecule has 0 amide bonds. The molecule has 13 heteroatoms. The number of benzene rings is 2. The number of nitrogens with zero attached hydrogens (tertiary/aromatic N) is 8. The summed E-state index contributed by atoms with van der Waals surface area (Å²) in [5, 5.41) is 15.0. The van der Waals surface area contributed by atoms with E-state index in [1.54, 1.807) is 30.5 Å². The van der Waals surface area contributed by atoms with Crippen LogP contribution < -0.4 is 19.7 Å². The van der Waals surface area contributed by atoms with Crippen LogP contribution in [0.2, 0.25) is 5.02 Å². The van der Waals surface area contributed by atoms with Crippen molar-refractivity contribution in [3.05, 3.63) is 60.1 Å². The van der Waals surface area contributed by atoms with E-state index in [0.29, 0.717) is 41.4 Å². The van der Waals surface area contributed by atoms with Crippen LogP contribution in [0, 0.1) is 0 Å². The van der Waals surface area contributed by atoms with Crippen molar-refractivity contribution < 1.29 is 14.2 Å². The van der Waals surface area contributed by atoms with Gasteiger partial charge in [-0.1, -0.05) is 17.7 Å². The number of halogens is 1. The number of piperidine rings is 1. The number of hydrogen-bond acceptors (Lipinski definition) is 11. The third kappa shape index (κ3) is 6.54. The van der Waals surface area contributed by atoms with Crippen LogP contribution in [-0.4, -0.2) is 92.7 Å². The van der Waals surface area contributed by atoms with Gasteiger partial charge in [0.25, 0.3) is 0 Å². The van der Waals surface area contributed by atoms with Crippen molar-refractivity contribution in [1.29, 1.82) is 0 Å². The lowest BCUT2D eigenvalue weighted by Gasteiger charge is -2.44. The van der Waals surface area contributed by atoms with Gasteiger partial charge in [0.15, 0.2) is 0 Å². The first-order chi connectivity index (χ1) is 22.0. The molecular weight excluding hydrogens is 594 g/mol. The van der Waals surface area contributed by atoms with Crippen molar-refractivity contribution >= 4 is 28.9 Å². The number of tetrazole rings is 1. The molecule has 236 valence electrons. The average molecular weight is 632 g/mol. The summed E-state index contributed by atoms with van der Waals surface area (Å²) in [5.74, 6) is 1.80. The Bertz CT molecular complexity index is 1570. The van der Waals surface area contributed by atoms with Crippen LogP contribution in [0.5, 0.6) is 11.5 Å². The van der Waals surface area contributed by atoms with E-state index in [4.69, 9.17) is 25.8 Å². The fourth-order valence-electron chi connectivity index (χ4n) is 6.88. The number of methoxy groups -OCH3 is 1. The number of fused-ring (bicyclic) bond motifs is 2. The smallest absolute Gasteiger partial charge is 0.227 e. The summed E-state index contributed by atoms with van der Waals surface area (Å²) in [7, 11) is 1.69. The first-order valence-corrected chi connectivity index (χ1v) is 16.0. The van der Waals surface area contributed by atoms with E-state index >= 15 is 0 Å². The molecule has 3 aliphatic rings. The van der Waals surface area contributed by atoms with Gasteiger partial charge in [-0.3, -0.25) is 4.90 Å². The van der Waals surface area contributed by atoms with Crippen LogP contribution >= 0.6 is 11.6 Å². The summed E-state index contributed by atoms with van der Waals surface area (Å²) in [6.07, 6.45) is 9.83. The Morgan fingerprint density at radius 3 is 2.44 bits per heavy atom. The van der Waals surface area contributed by atoms with Gasteiger partial charge < -0.3 is 24.4 Å². The van der Waals surface area contributed by atoms with Gasteiger partial charge in [0.2, 0.25) is 5.95 Å². The largest absolute Gasteiger partial charge is 0.494 e. The zero-order valence-corrected chi connectivity index (χ0v) is 26.3. The Kier molecular flexibility index (Phi) is 8.68. The molecule has 7 rings (SSSR count). The van der Waals surface area contributed by atoms with Crippen LogP contribution in [0.15, 0.2) is 55.1 Å². The number of ether oxygens (including phenoxy) is 3. The van der Waals surface area contributed by atoms with E-state index in [9.17, 15) is 0 Å². The molecule has 0 saturated carbocycles. The number of anilines is 3. The first kappa shape index (κ1) is 29.7. The third-order valence-corrected chi connectivity index (χ3v) is 9.37. The van der Waals surface area contributed by atoms with E-state index in [2.05, 4.69) is 52.7 Å². The van der Waals surface area contributed by atoms with E-state index in [0.717, 1.165) is 48.9 Å². The minimum atomic E-state index is -0.192. The zero-order chi connectivity index (χ0) is 30.8. The molecule has 2 aromatic heterocycles. The van der Waals surface area contributed by atoms with E-state index < -0.39 is 0 Å². The van der Waals surface area contributed by atoms with Gasteiger partial charge >= 0.3 is 0 Å². The van der Waals surface area contributed by atoms with Crippen LogP contribution in [-0.2, 0) is 11.3 Å². The van der Waals surface area contributed by atoms with Crippen molar-refractivity contribution in [2.24, 2.45) is 0 Å². The lowest BCUT2D eigenvalue weighted by Crippen LogP contribution is -2.54. The molecule has 3 aliphatic heterocycles. The summed E-state index contributed by atoms with van der Waals surface area (Å²) in [5.41, 5.74) is 3.71. The molecule has 1 N–H and O–H groups in total. The van der Waals surface area contributed by atoms with Gasteiger partial charge in [-0.05, 0) is 72.9 Å².